The molecule has 0 aliphatic carbocycles. The van der Waals surface area contributed by atoms with Gasteiger partial charge in [-0.05, 0) is 38.8 Å². The van der Waals surface area contributed by atoms with E-state index in [1.165, 1.54) is 27.2 Å². The lowest BCUT2D eigenvalue weighted by Crippen LogP contribution is -2.30. The van der Waals surface area contributed by atoms with Crippen molar-refractivity contribution in [3.63, 3.8) is 0 Å². The first-order chi connectivity index (χ1) is 15.3. The molecule has 0 bridgehead atoms. The topological polar surface area (TPSA) is 98.5 Å². The second kappa shape index (κ2) is 8.84. The Morgan fingerprint density at radius 3 is 2.88 bits per heavy atom. The van der Waals surface area contributed by atoms with Crippen molar-refractivity contribution >= 4 is 22.5 Å². The Kier molecular flexibility index (Phi) is 6.12. The van der Waals surface area contributed by atoms with Gasteiger partial charge in [-0.15, -0.1) is 0 Å². The number of aromatic nitrogens is 3. The first-order valence-electron chi connectivity index (χ1n) is 10.5. The minimum absolute atomic E-state index is 0.0195. The number of carbonyl (C=O) groups is 1. The van der Waals surface area contributed by atoms with Crippen LogP contribution < -0.4 is 10.1 Å². The van der Waals surface area contributed by atoms with Gasteiger partial charge in [-0.25, -0.2) is 4.39 Å². The Morgan fingerprint density at radius 1 is 1.41 bits per heavy atom. The molecule has 8 nitrogen and oxygen atoms in total. The van der Waals surface area contributed by atoms with Gasteiger partial charge in [-0.2, -0.15) is 5.10 Å². The number of hydrogen-bond acceptors (Lipinski definition) is 6. The van der Waals surface area contributed by atoms with Crippen molar-refractivity contribution in [2.45, 2.75) is 44.5 Å². The van der Waals surface area contributed by atoms with Crippen LogP contribution in [0.3, 0.4) is 0 Å². The Hall–Kier alpha value is -3.04. The lowest BCUT2D eigenvalue weighted by atomic mass is 9.98. The predicted molar refractivity (Wildman–Crippen MR) is 118 cm³/mol. The van der Waals surface area contributed by atoms with Crippen LogP contribution in [0.1, 0.15) is 48.8 Å². The lowest BCUT2D eigenvalue weighted by molar-refractivity contribution is -0.0410. The van der Waals surface area contributed by atoms with E-state index in [0.29, 0.717) is 23.6 Å². The molecule has 0 saturated carbocycles. The third kappa shape index (κ3) is 4.44. The van der Waals surface area contributed by atoms with Crippen LogP contribution in [-0.2, 0) is 10.4 Å². The number of aliphatic hydroxyl groups is 1. The normalized spacial score (nSPS) is 19.2. The van der Waals surface area contributed by atoms with Crippen molar-refractivity contribution in [1.82, 2.24) is 14.8 Å². The van der Waals surface area contributed by atoms with Crippen molar-refractivity contribution in [2.75, 3.05) is 25.6 Å². The summed E-state index contributed by atoms with van der Waals surface area (Å²) in [5.41, 5.74) is -0.321. The average Bonchev–Trinajstić information content (AvgIpc) is 3.20. The maximum Gasteiger partial charge on any atom is 0.274 e. The van der Waals surface area contributed by atoms with E-state index in [-0.39, 0.29) is 30.0 Å². The van der Waals surface area contributed by atoms with Crippen molar-refractivity contribution in [1.29, 1.82) is 0 Å². The molecule has 2 N–H and O–H groups in total. The largest absolute Gasteiger partial charge is 0.494 e. The van der Waals surface area contributed by atoms with E-state index in [0.717, 1.165) is 18.2 Å². The number of nitrogens with one attached hydrogen (secondary N) is 1. The monoisotopic (exact) mass is 442 g/mol. The highest BCUT2D eigenvalue weighted by molar-refractivity contribution is 6.06. The molecule has 2 aromatic heterocycles. The molecular formula is C23H27FN4O4. The van der Waals surface area contributed by atoms with Gasteiger partial charge in [0, 0.05) is 29.4 Å². The highest BCUT2D eigenvalue weighted by Crippen LogP contribution is 2.33. The average molecular weight is 442 g/mol. The van der Waals surface area contributed by atoms with E-state index in [4.69, 9.17) is 9.47 Å². The molecule has 1 amide bonds. The predicted octanol–water partition coefficient (Wildman–Crippen LogP) is 3.61. The van der Waals surface area contributed by atoms with E-state index in [1.807, 2.05) is 10.9 Å². The number of hydrogen-bond donors (Lipinski definition) is 2. The molecule has 1 aliphatic heterocycles. The lowest BCUT2D eigenvalue weighted by Gasteiger charge is -2.27. The molecule has 3 heterocycles. The maximum atomic E-state index is 14.6. The molecular weight excluding hydrogens is 415 g/mol. The summed E-state index contributed by atoms with van der Waals surface area (Å²) in [6.45, 7) is 3.27. The summed E-state index contributed by atoms with van der Waals surface area (Å²) in [7, 11) is 1.51. The molecule has 170 valence electrons. The van der Waals surface area contributed by atoms with Crippen LogP contribution in [0.2, 0.25) is 0 Å². The molecule has 3 aromatic rings. The number of ether oxygens (including phenoxy) is 2. The zero-order valence-corrected chi connectivity index (χ0v) is 18.3. The molecule has 1 aliphatic rings. The van der Waals surface area contributed by atoms with Gasteiger partial charge >= 0.3 is 0 Å². The van der Waals surface area contributed by atoms with E-state index < -0.39 is 11.6 Å². The summed E-state index contributed by atoms with van der Waals surface area (Å²) >= 11 is 0. The summed E-state index contributed by atoms with van der Waals surface area (Å²) in [5, 5.41) is 17.5. The van der Waals surface area contributed by atoms with Gasteiger partial charge in [0.25, 0.3) is 5.91 Å². The number of nitrogens with zero attached hydrogens (tertiary/aromatic N) is 3. The number of alkyl halides is 1. The van der Waals surface area contributed by atoms with Gasteiger partial charge in [0.05, 0.1) is 43.7 Å². The first-order valence-corrected chi connectivity index (χ1v) is 10.5. The number of fused-ring (bicyclic) bond motifs is 1. The number of halogens is 1. The Bertz CT molecular complexity index is 1120. The van der Waals surface area contributed by atoms with Crippen LogP contribution in [0.25, 0.3) is 10.9 Å². The van der Waals surface area contributed by atoms with Crippen LogP contribution in [0.15, 0.2) is 36.7 Å². The fourth-order valence-electron chi connectivity index (χ4n) is 3.92. The number of anilines is 1. The van der Waals surface area contributed by atoms with Crippen LogP contribution in [0.5, 0.6) is 5.75 Å². The molecule has 1 aromatic carbocycles. The third-order valence-corrected chi connectivity index (χ3v) is 5.68. The van der Waals surface area contributed by atoms with Gasteiger partial charge in [0.1, 0.15) is 17.1 Å². The summed E-state index contributed by atoms with van der Waals surface area (Å²) in [5.74, 6) is -0.0829. The highest BCUT2D eigenvalue weighted by atomic mass is 19.1. The van der Waals surface area contributed by atoms with Crippen LogP contribution in [-0.4, -0.2) is 52.2 Å². The number of benzene rings is 1. The van der Waals surface area contributed by atoms with Gasteiger partial charge in [0.2, 0.25) is 0 Å². The van der Waals surface area contributed by atoms with E-state index in [9.17, 15) is 14.3 Å². The number of aliphatic hydroxyl groups excluding tert-OH is 1. The summed E-state index contributed by atoms with van der Waals surface area (Å²) < 4.78 is 27.6. The molecule has 0 radical (unpaired) electrons. The van der Waals surface area contributed by atoms with Crippen molar-refractivity contribution in [2.24, 2.45) is 0 Å². The van der Waals surface area contributed by atoms with Crippen molar-refractivity contribution in [3.05, 3.63) is 47.9 Å². The second-order valence-corrected chi connectivity index (χ2v) is 8.42. The molecule has 1 fully saturated rings. The highest BCUT2D eigenvalue weighted by Gasteiger charge is 2.27. The van der Waals surface area contributed by atoms with Crippen molar-refractivity contribution in [3.8, 4) is 5.75 Å². The van der Waals surface area contributed by atoms with Gasteiger partial charge in [-0.1, -0.05) is 6.07 Å². The number of rotatable bonds is 6. The fourth-order valence-corrected chi connectivity index (χ4v) is 3.92. The Labute approximate surface area is 185 Å². The van der Waals surface area contributed by atoms with Crippen LogP contribution in [0, 0.1) is 0 Å². The SMILES string of the molecule is COc1cc2nn(C3CCC(CO)OC3)cc2cc1NC(=O)c1ncccc1C(C)(C)F. The fraction of sp³-hybridized carbons (Fsp3) is 0.435. The number of pyridine rings is 1. The van der Waals surface area contributed by atoms with Crippen molar-refractivity contribution < 1.29 is 23.8 Å². The summed E-state index contributed by atoms with van der Waals surface area (Å²) in [6.07, 6.45) is 4.85. The van der Waals surface area contributed by atoms with Gasteiger partial charge in [-0.3, -0.25) is 14.5 Å². The quantitative estimate of drug-likeness (QED) is 0.605. The zero-order chi connectivity index (χ0) is 22.9. The van der Waals surface area contributed by atoms with Crippen LogP contribution >= 0.6 is 0 Å². The van der Waals surface area contributed by atoms with E-state index in [1.54, 1.807) is 24.3 Å². The molecule has 9 heteroatoms. The van der Waals surface area contributed by atoms with Crippen LogP contribution in [0.4, 0.5) is 10.1 Å². The summed E-state index contributed by atoms with van der Waals surface area (Å²) in [6, 6.07) is 6.75. The third-order valence-electron chi connectivity index (χ3n) is 5.68. The van der Waals surface area contributed by atoms with Gasteiger partial charge in [0.15, 0.2) is 0 Å². The van der Waals surface area contributed by atoms with E-state index >= 15 is 0 Å². The first kappa shape index (κ1) is 22.2. The number of amides is 1. The van der Waals surface area contributed by atoms with Gasteiger partial charge < -0.3 is 19.9 Å². The molecule has 2 atom stereocenters. The number of carbonyl (C=O) groups excluding carboxylic acids is 1. The minimum atomic E-state index is -1.72. The molecule has 0 spiro atoms. The zero-order valence-electron chi connectivity index (χ0n) is 18.3. The number of methoxy groups -OCH3 is 1. The standard InChI is InChI=1S/C23H27FN4O4/c1-23(2,24)17-5-4-8-25-21(17)22(30)26-19-9-14-11-28(27-18(14)10-20(19)31-3)15-6-7-16(12-29)32-13-15/h4-5,8-11,15-16,29H,6-7,12-13H2,1-3H3,(H,26,30). The van der Waals surface area contributed by atoms with E-state index in [2.05, 4.69) is 15.4 Å². The second-order valence-electron chi connectivity index (χ2n) is 8.42. The molecule has 1 saturated heterocycles. The molecule has 4 rings (SSSR count). The minimum Gasteiger partial charge on any atom is -0.494 e. The molecule has 2 unspecified atom stereocenters. The maximum absolute atomic E-state index is 14.6. The summed E-state index contributed by atoms with van der Waals surface area (Å²) in [4.78, 5) is 17.0. The smallest absolute Gasteiger partial charge is 0.274 e. The molecule has 32 heavy (non-hydrogen) atoms. The Balaban J connectivity index is 1.61. The Morgan fingerprint density at radius 2 is 2.22 bits per heavy atom.